The predicted octanol–water partition coefficient (Wildman–Crippen LogP) is 1.68. The van der Waals surface area contributed by atoms with Crippen molar-refractivity contribution in [2.24, 2.45) is 0 Å². The molecule has 2 N–H and O–H groups in total. The Morgan fingerprint density at radius 3 is 1.46 bits per heavy atom. The molecular formula is C17H14Na2O5. The first kappa shape index (κ1) is 22.8. The Morgan fingerprint density at radius 2 is 1.04 bits per heavy atom. The number of carbonyl (C=O) groups is 3. The third-order valence-corrected chi connectivity index (χ3v) is 3.00. The SMILES string of the molecule is O=C(O)c1ccc(/C=C/C(=O)c2ccc(C(=O)O)cc2)cc1.[NaH].[NaH]. The van der Waals surface area contributed by atoms with Crippen molar-refractivity contribution in [1.82, 2.24) is 0 Å². The number of carboxylic acid groups (broad SMARTS) is 2. The number of aromatic carboxylic acids is 2. The molecule has 0 fully saturated rings. The fourth-order valence-corrected chi connectivity index (χ4v) is 1.78. The summed E-state index contributed by atoms with van der Waals surface area (Å²) in [5, 5.41) is 17.6. The second-order valence-electron chi connectivity index (χ2n) is 4.51. The number of rotatable bonds is 5. The van der Waals surface area contributed by atoms with Crippen LogP contribution in [0.1, 0.15) is 36.6 Å². The van der Waals surface area contributed by atoms with Gasteiger partial charge in [0, 0.05) is 5.56 Å². The Kier molecular flexibility index (Phi) is 10.1. The Bertz CT molecular complexity index is 750. The topological polar surface area (TPSA) is 91.7 Å². The molecule has 0 bridgehead atoms. The molecule has 7 heteroatoms. The van der Waals surface area contributed by atoms with E-state index in [2.05, 4.69) is 0 Å². The summed E-state index contributed by atoms with van der Waals surface area (Å²) in [6.45, 7) is 0. The molecule has 2 aromatic carbocycles. The van der Waals surface area contributed by atoms with E-state index in [4.69, 9.17) is 10.2 Å². The van der Waals surface area contributed by atoms with E-state index in [-0.39, 0.29) is 76.0 Å². The molecule has 0 unspecified atom stereocenters. The van der Waals surface area contributed by atoms with E-state index in [1.807, 2.05) is 0 Å². The molecule has 0 aliphatic heterocycles. The number of hydrogen-bond acceptors (Lipinski definition) is 3. The molecule has 0 spiro atoms. The van der Waals surface area contributed by atoms with Crippen LogP contribution in [0.3, 0.4) is 0 Å². The molecule has 24 heavy (non-hydrogen) atoms. The number of ketones is 1. The minimum absolute atomic E-state index is 0. The van der Waals surface area contributed by atoms with Crippen LogP contribution in [-0.4, -0.2) is 87.0 Å². The van der Waals surface area contributed by atoms with E-state index in [0.29, 0.717) is 11.1 Å². The fraction of sp³-hybridized carbons (Fsp3) is 0. The molecule has 2 aromatic rings. The van der Waals surface area contributed by atoms with Crippen molar-refractivity contribution in [2.75, 3.05) is 0 Å². The standard InChI is InChI=1S/C17H12O5.2Na.2H/c18-15(12-6-8-14(9-7-12)17(21)22)10-3-11-1-4-13(5-2-11)16(19)20;;;;/h1-10H,(H,19,20)(H,21,22);;;;/b10-3+;;;;. The number of benzene rings is 2. The molecule has 0 saturated carbocycles. The van der Waals surface area contributed by atoms with E-state index < -0.39 is 11.9 Å². The van der Waals surface area contributed by atoms with Gasteiger partial charge in [0.25, 0.3) is 0 Å². The van der Waals surface area contributed by atoms with Crippen LogP contribution in [0.2, 0.25) is 0 Å². The van der Waals surface area contributed by atoms with Crippen molar-refractivity contribution in [2.45, 2.75) is 0 Å². The van der Waals surface area contributed by atoms with Gasteiger partial charge < -0.3 is 10.2 Å². The predicted molar refractivity (Wildman–Crippen MR) is 94.5 cm³/mol. The van der Waals surface area contributed by atoms with E-state index >= 15 is 0 Å². The summed E-state index contributed by atoms with van der Waals surface area (Å²) in [6.07, 6.45) is 2.92. The van der Waals surface area contributed by atoms with E-state index in [9.17, 15) is 14.4 Å². The van der Waals surface area contributed by atoms with E-state index in [1.54, 1.807) is 18.2 Å². The number of allylic oxidation sites excluding steroid dienone is 1. The summed E-state index contributed by atoms with van der Waals surface area (Å²) >= 11 is 0. The van der Waals surface area contributed by atoms with Crippen LogP contribution in [0.4, 0.5) is 0 Å². The second kappa shape index (κ2) is 10.6. The van der Waals surface area contributed by atoms with Crippen molar-refractivity contribution < 1.29 is 24.6 Å². The molecule has 2 rings (SSSR count). The number of carbonyl (C=O) groups excluding carboxylic acids is 1. The van der Waals surface area contributed by atoms with Crippen LogP contribution in [0, 0.1) is 0 Å². The maximum atomic E-state index is 11.9. The third kappa shape index (κ3) is 6.36. The first-order valence-electron chi connectivity index (χ1n) is 6.36. The molecule has 5 nitrogen and oxygen atoms in total. The van der Waals surface area contributed by atoms with Gasteiger partial charge in [-0.3, -0.25) is 4.79 Å². The summed E-state index contributed by atoms with van der Waals surface area (Å²) in [7, 11) is 0. The van der Waals surface area contributed by atoms with Crippen molar-refractivity contribution in [3.8, 4) is 0 Å². The Hall–Kier alpha value is -1.21. The van der Waals surface area contributed by atoms with Gasteiger partial charge in [0.1, 0.15) is 0 Å². The van der Waals surface area contributed by atoms with Crippen molar-refractivity contribution in [3.05, 3.63) is 76.9 Å². The summed E-state index contributed by atoms with van der Waals surface area (Å²) in [6, 6.07) is 11.7. The van der Waals surface area contributed by atoms with Gasteiger partial charge in [-0.2, -0.15) is 0 Å². The summed E-state index contributed by atoms with van der Waals surface area (Å²) < 4.78 is 0. The van der Waals surface area contributed by atoms with Crippen molar-refractivity contribution in [1.29, 1.82) is 0 Å². The normalized spacial score (nSPS) is 9.67. The van der Waals surface area contributed by atoms with Crippen LogP contribution in [0.5, 0.6) is 0 Å². The molecule has 0 aliphatic rings. The van der Waals surface area contributed by atoms with Gasteiger partial charge >= 0.3 is 71.1 Å². The second-order valence-corrected chi connectivity index (χ2v) is 4.51. The van der Waals surface area contributed by atoms with E-state index in [0.717, 1.165) is 0 Å². The minimum atomic E-state index is -1.05. The van der Waals surface area contributed by atoms with Gasteiger partial charge in [0.15, 0.2) is 5.78 Å². The van der Waals surface area contributed by atoms with Gasteiger partial charge in [0.05, 0.1) is 11.1 Å². The Balaban J connectivity index is 0.00000264. The Morgan fingerprint density at radius 1 is 0.667 bits per heavy atom. The van der Waals surface area contributed by atoms with Crippen molar-refractivity contribution >= 4 is 82.9 Å². The molecule has 0 aliphatic carbocycles. The first-order chi connectivity index (χ1) is 10.5. The maximum absolute atomic E-state index is 11.9. The fourth-order valence-electron chi connectivity index (χ4n) is 1.78. The van der Waals surface area contributed by atoms with Crippen LogP contribution < -0.4 is 0 Å². The van der Waals surface area contributed by atoms with Gasteiger partial charge in [-0.15, -0.1) is 0 Å². The average molecular weight is 344 g/mol. The molecule has 0 aromatic heterocycles. The molecule has 0 amide bonds. The third-order valence-electron chi connectivity index (χ3n) is 3.00. The average Bonchev–Trinajstić information content (AvgIpc) is 2.53. The van der Waals surface area contributed by atoms with Crippen LogP contribution in [0.25, 0.3) is 6.08 Å². The molecular weight excluding hydrogens is 330 g/mol. The van der Waals surface area contributed by atoms with Gasteiger partial charge in [0.2, 0.25) is 0 Å². The van der Waals surface area contributed by atoms with Gasteiger partial charge in [-0.05, 0) is 35.9 Å². The summed E-state index contributed by atoms with van der Waals surface area (Å²) in [4.78, 5) is 33.4. The monoisotopic (exact) mass is 344 g/mol. The van der Waals surface area contributed by atoms with Gasteiger partial charge in [-0.1, -0.05) is 30.3 Å². The zero-order valence-corrected chi connectivity index (χ0v) is 11.4. The molecule has 0 heterocycles. The van der Waals surface area contributed by atoms with E-state index in [1.165, 1.54) is 42.5 Å². The Labute approximate surface area is 183 Å². The molecule has 0 atom stereocenters. The molecule has 114 valence electrons. The summed E-state index contributed by atoms with van der Waals surface area (Å²) in [5.41, 5.74) is 1.36. The zero-order valence-electron chi connectivity index (χ0n) is 11.4. The zero-order chi connectivity index (χ0) is 16.1. The van der Waals surface area contributed by atoms with Crippen molar-refractivity contribution in [3.63, 3.8) is 0 Å². The van der Waals surface area contributed by atoms with Crippen LogP contribution >= 0.6 is 0 Å². The van der Waals surface area contributed by atoms with Gasteiger partial charge in [-0.25, -0.2) is 9.59 Å². The van der Waals surface area contributed by atoms with Crippen LogP contribution in [-0.2, 0) is 0 Å². The quantitative estimate of drug-likeness (QED) is 0.489. The first-order valence-corrected chi connectivity index (χ1v) is 6.36. The molecule has 0 radical (unpaired) electrons. The van der Waals surface area contributed by atoms with Crippen LogP contribution in [0.15, 0.2) is 54.6 Å². The number of hydrogen-bond donors (Lipinski definition) is 2. The molecule has 0 saturated heterocycles. The number of carboxylic acids is 2. The summed E-state index contributed by atoms with van der Waals surface area (Å²) in [5.74, 6) is -2.32.